The summed E-state index contributed by atoms with van der Waals surface area (Å²) >= 11 is 3.13. The minimum Gasteiger partial charge on any atom is -0.479 e. The van der Waals surface area contributed by atoms with Gasteiger partial charge in [0.1, 0.15) is 5.69 Å². The van der Waals surface area contributed by atoms with E-state index < -0.39 is 17.0 Å². The highest BCUT2D eigenvalue weighted by Gasteiger charge is 2.19. The second kappa shape index (κ2) is 6.31. The summed E-state index contributed by atoms with van der Waals surface area (Å²) in [5.41, 5.74) is 0.108. The molecule has 0 radical (unpaired) electrons. The average molecular weight is 319 g/mol. The van der Waals surface area contributed by atoms with Crippen molar-refractivity contribution in [1.29, 1.82) is 0 Å². The van der Waals surface area contributed by atoms with Gasteiger partial charge in [-0.05, 0) is 12.1 Å². The number of hydrogen-bond donors (Lipinski definition) is 2. The number of benzene rings is 1. The molecule has 1 atom stereocenters. The fraction of sp³-hybridized carbons (Fsp3) is 0.300. The number of methoxy groups -OCH3 is 1. The molecule has 0 amide bonds. The molecule has 0 aliphatic heterocycles. The van der Waals surface area contributed by atoms with E-state index in [1.165, 1.54) is 19.2 Å². The normalized spacial score (nSPS) is 11.9. The molecule has 0 aliphatic rings. The number of rotatable bonds is 6. The highest BCUT2D eigenvalue weighted by Crippen LogP contribution is 2.27. The van der Waals surface area contributed by atoms with Crippen molar-refractivity contribution in [2.24, 2.45) is 0 Å². The van der Waals surface area contributed by atoms with Crippen LogP contribution in [0.2, 0.25) is 0 Å². The van der Waals surface area contributed by atoms with Crippen LogP contribution in [0.5, 0.6) is 0 Å². The minimum atomic E-state index is -1.13. The Morgan fingerprint density at radius 1 is 1.67 bits per heavy atom. The first-order chi connectivity index (χ1) is 8.45. The fourth-order valence-electron chi connectivity index (χ4n) is 1.28. The number of aliphatic carboxylic acids is 1. The summed E-state index contributed by atoms with van der Waals surface area (Å²) in [5.74, 6) is -1.13. The number of nitro benzene ring substituents is 1. The van der Waals surface area contributed by atoms with E-state index >= 15 is 0 Å². The molecule has 0 saturated heterocycles. The summed E-state index contributed by atoms with van der Waals surface area (Å²) in [4.78, 5) is 21.0. The van der Waals surface area contributed by atoms with E-state index in [4.69, 9.17) is 9.84 Å². The molecule has 2 N–H and O–H groups in total. The standard InChI is InChI=1S/C10H11BrN2O5/c1-18-9(10(14)15)5-12-7-3-2-6(11)4-8(7)13(16)17/h2-4,9,12H,5H2,1H3,(H,14,15). The van der Waals surface area contributed by atoms with Crippen LogP contribution >= 0.6 is 15.9 Å². The second-order valence-corrected chi connectivity index (χ2v) is 4.28. The molecule has 0 bridgehead atoms. The first kappa shape index (κ1) is 14.4. The van der Waals surface area contributed by atoms with Gasteiger partial charge in [0.05, 0.1) is 11.5 Å². The number of hydrogen-bond acceptors (Lipinski definition) is 5. The number of nitrogens with zero attached hydrogens (tertiary/aromatic N) is 1. The number of carbonyl (C=O) groups is 1. The second-order valence-electron chi connectivity index (χ2n) is 3.36. The molecule has 1 aromatic carbocycles. The zero-order valence-electron chi connectivity index (χ0n) is 9.42. The lowest BCUT2D eigenvalue weighted by Crippen LogP contribution is -2.30. The van der Waals surface area contributed by atoms with Gasteiger partial charge >= 0.3 is 5.97 Å². The molecule has 0 aliphatic carbocycles. The Labute approximate surface area is 111 Å². The van der Waals surface area contributed by atoms with E-state index in [2.05, 4.69) is 21.2 Å². The number of anilines is 1. The lowest BCUT2D eigenvalue weighted by molar-refractivity contribution is -0.384. The van der Waals surface area contributed by atoms with Crippen LogP contribution in [-0.2, 0) is 9.53 Å². The number of carboxylic acids is 1. The lowest BCUT2D eigenvalue weighted by Gasteiger charge is -2.12. The lowest BCUT2D eigenvalue weighted by atomic mass is 10.2. The Balaban J connectivity index is 2.84. The number of nitro groups is 1. The van der Waals surface area contributed by atoms with Crippen molar-refractivity contribution in [3.8, 4) is 0 Å². The monoisotopic (exact) mass is 318 g/mol. The van der Waals surface area contributed by atoms with Crippen LogP contribution in [0, 0.1) is 10.1 Å². The summed E-state index contributed by atoms with van der Waals surface area (Å²) in [5, 5.41) is 22.3. The molecule has 7 nitrogen and oxygen atoms in total. The van der Waals surface area contributed by atoms with Crippen molar-refractivity contribution in [3.05, 3.63) is 32.8 Å². The molecular weight excluding hydrogens is 308 g/mol. The maximum atomic E-state index is 10.8. The third-order valence-electron chi connectivity index (χ3n) is 2.19. The summed E-state index contributed by atoms with van der Waals surface area (Å²) < 4.78 is 5.29. The van der Waals surface area contributed by atoms with Gasteiger partial charge in [0.15, 0.2) is 6.10 Å². The van der Waals surface area contributed by atoms with Gasteiger partial charge in [0.2, 0.25) is 0 Å². The Morgan fingerprint density at radius 2 is 2.33 bits per heavy atom. The van der Waals surface area contributed by atoms with Crippen LogP contribution in [0.15, 0.2) is 22.7 Å². The Bertz CT molecular complexity index is 466. The van der Waals surface area contributed by atoms with E-state index in [1.807, 2.05) is 0 Å². The number of carboxylic acid groups (broad SMARTS) is 1. The van der Waals surface area contributed by atoms with E-state index in [9.17, 15) is 14.9 Å². The van der Waals surface area contributed by atoms with Crippen LogP contribution in [0.3, 0.4) is 0 Å². The van der Waals surface area contributed by atoms with Crippen LogP contribution in [0.25, 0.3) is 0 Å². The Morgan fingerprint density at radius 3 is 2.83 bits per heavy atom. The maximum Gasteiger partial charge on any atom is 0.334 e. The van der Waals surface area contributed by atoms with E-state index in [1.54, 1.807) is 6.07 Å². The largest absolute Gasteiger partial charge is 0.479 e. The third kappa shape index (κ3) is 3.67. The molecule has 0 fully saturated rings. The molecule has 1 rings (SSSR count). The topological polar surface area (TPSA) is 102 Å². The Kier molecular flexibility index (Phi) is 5.05. The molecule has 1 aromatic rings. The van der Waals surface area contributed by atoms with E-state index in [0.717, 1.165) is 0 Å². The van der Waals surface area contributed by atoms with Gasteiger partial charge < -0.3 is 15.2 Å². The summed E-state index contributed by atoms with van der Waals surface area (Å²) in [6.07, 6.45) is -1.06. The first-order valence-electron chi connectivity index (χ1n) is 4.89. The summed E-state index contributed by atoms with van der Waals surface area (Å²) in [6.45, 7) is -0.0612. The molecular formula is C10H11BrN2O5. The molecule has 18 heavy (non-hydrogen) atoms. The Hall–Kier alpha value is -1.67. The van der Waals surface area contributed by atoms with Crippen molar-refractivity contribution in [3.63, 3.8) is 0 Å². The van der Waals surface area contributed by atoms with Crippen molar-refractivity contribution in [2.45, 2.75) is 6.10 Å². The number of nitrogens with one attached hydrogen (secondary N) is 1. The van der Waals surface area contributed by atoms with Gasteiger partial charge in [-0.25, -0.2) is 4.79 Å². The zero-order valence-corrected chi connectivity index (χ0v) is 11.0. The molecule has 1 unspecified atom stereocenters. The average Bonchev–Trinajstić information content (AvgIpc) is 2.30. The van der Waals surface area contributed by atoms with Crippen molar-refractivity contribution in [1.82, 2.24) is 0 Å². The predicted octanol–water partition coefficient (Wildman–Crippen LogP) is 1.87. The molecule has 0 saturated carbocycles. The van der Waals surface area contributed by atoms with Gasteiger partial charge in [-0.15, -0.1) is 0 Å². The van der Waals surface area contributed by atoms with Crippen LogP contribution in [0.1, 0.15) is 0 Å². The first-order valence-corrected chi connectivity index (χ1v) is 5.68. The predicted molar refractivity (Wildman–Crippen MR) is 67.7 cm³/mol. The SMILES string of the molecule is COC(CNc1ccc(Br)cc1[N+](=O)[O-])C(=O)O. The zero-order chi connectivity index (χ0) is 13.7. The fourth-order valence-corrected chi connectivity index (χ4v) is 1.63. The van der Waals surface area contributed by atoms with Gasteiger partial charge in [0, 0.05) is 17.6 Å². The number of halogens is 1. The molecule has 98 valence electrons. The number of ether oxygens (including phenoxy) is 1. The van der Waals surface area contributed by atoms with Gasteiger partial charge in [-0.1, -0.05) is 15.9 Å². The van der Waals surface area contributed by atoms with Crippen LogP contribution in [-0.4, -0.2) is 35.8 Å². The van der Waals surface area contributed by atoms with Gasteiger partial charge in [0.25, 0.3) is 5.69 Å². The van der Waals surface area contributed by atoms with Gasteiger partial charge in [-0.2, -0.15) is 0 Å². The van der Waals surface area contributed by atoms with E-state index in [-0.39, 0.29) is 17.9 Å². The van der Waals surface area contributed by atoms with E-state index in [0.29, 0.717) is 4.47 Å². The minimum absolute atomic E-state index is 0.0612. The highest BCUT2D eigenvalue weighted by molar-refractivity contribution is 9.10. The maximum absolute atomic E-state index is 10.8. The third-order valence-corrected chi connectivity index (χ3v) is 2.69. The van der Waals surface area contributed by atoms with Crippen molar-refractivity contribution in [2.75, 3.05) is 19.0 Å². The van der Waals surface area contributed by atoms with Crippen molar-refractivity contribution >= 4 is 33.3 Å². The quantitative estimate of drug-likeness (QED) is 0.613. The smallest absolute Gasteiger partial charge is 0.334 e. The summed E-state index contributed by atoms with van der Waals surface area (Å²) in [6, 6.07) is 4.46. The molecule has 8 heteroatoms. The highest BCUT2D eigenvalue weighted by atomic mass is 79.9. The molecule has 0 heterocycles. The van der Waals surface area contributed by atoms with Crippen LogP contribution < -0.4 is 5.32 Å². The molecule has 0 spiro atoms. The van der Waals surface area contributed by atoms with Gasteiger partial charge in [-0.3, -0.25) is 10.1 Å². The van der Waals surface area contributed by atoms with Crippen LogP contribution in [0.4, 0.5) is 11.4 Å². The molecule has 0 aromatic heterocycles. The van der Waals surface area contributed by atoms with Crippen molar-refractivity contribution < 1.29 is 19.6 Å². The summed E-state index contributed by atoms with van der Waals surface area (Å²) in [7, 11) is 1.26.